The average molecular weight is 302 g/mol. The number of hydrogen-bond donors (Lipinski definition) is 1. The number of nitrogens with one attached hydrogen (secondary N) is 1. The number of anilines is 2. The minimum absolute atomic E-state index is 0.587. The van der Waals surface area contributed by atoms with Crippen molar-refractivity contribution in [1.82, 2.24) is 4.98 Å². The Kier molecular flexibility index (Phi) is 3.63. The zero-order valence-corrected chi connectivity index (χ0v) is 11.7. The normalized spacial score (nSPS) is 9.89. The van der Waals surface area contributed by atoms with Gasteiger partial charge in [0, 0.05) is 15.9 Å². The molecular weight excluding hydrogens is 290 g/mol. The maximum Gasteiger partial charge on any atom is 0.148 e. The number of rotatable bonds is 2. The van der Waals surface area contributed by atoms with Gasteiger partial charge < -0.3 is 5.32 Å². The van der Waals surface area contributed by atoms with Crippen molar-refractivity contribution in [3.05, 3.63) is 51.6 Å². The summed E-state index contributed by atoms with van der Waals surface area (Å²) in [7, 11) is 0. The van der Waals surface area contributed by atoms with E-state index in [2.05, 4.69) is 32.3 Å². The van der Waals surface area contributed by atoms with Gasteiger partial charge in [0.1, 0.15) is 11.9 Å². The van der Waals surface area contributed by atoms with Gasteiger partial charge in [0.15, 0.2) is 0 Å². The molecule has 0 bridgehead atoms. The van der Waals surface area contributed by atoms with Crippen LogP contribution in [0.4, 0.5) is 11.5 Å². The third-order valence-corrected chi connectivity index (χ3v) is 3.09. The average Bonchev–Trinajstić information content (AvgIpc) is 2.32. The van der Waals surface area contributed by atoms with Gasteiger partial charge in [0.05, 0.1) is 5.56 Å². The fourth-order valence-electron chi connectivity index (χ4n) is 1.74. The van der Waals surface area contributed by atoms with E-state index in [0.29, 0.717) is 11.4 Å². The minimum atomic E-state index is 0.587. The Morgan fingerprint density at radius 2 is 1.89 bits per heavy atom. The summed E-state index contributed by atoms with van der Waals surface area (Å²) in [5, 5.41) is 12.4. The molecule has 1 aromatic carbocycles. The molecule has 4 heteroatoms. The van der Waals surface area contributed by atoms with Crippen molar-refractivity contribution < 1.29 is 0 Å². The third-order valence-electron chi connectivity index (χ3n) is 2.56. The molecule has 0 aliphatic rings. The molecule has 1 heterocycles. The Hall–Kier alpha value is -1.86. The summed E-state index contributed by atoms with van der Waals surface area (Å²) < 4.78 is 1.02. The predicted octanol–water partition coefficient (Wildman–Crippen LogP) is 4.08. The molecule has 0 fully saturated rings. The lowest BCUT2D eigenvalue weighted by atomic mass is 10.1. The molecule has 2 rings (SSSR count). The van der Waals surface area contributed by atoms with E-state index < -0.39 is 0 Å². The molecule has 0 aliphatic carbocycles. The van der Waals surface area contributed by atoms with Crippen molar-refractivity contribution >= 4 is 27.4 Å². The highest BCUT2D eigenvalue weighted by atomic mass is 79.9. The summed E-state index contributed by atoms with van der Waals surface area (Å²) in [4.78, 5) is 4.38. The van der Waals surface area contributed by atoms with Gasteiger partial charge in [-0.15, -0.1) is 0 Å². The summed E-state index contributed by atoms with van der Waals surface area (Å²) >= 11 is 3.39. The molecule has 3 nitrogen and oxygen atoms in total. The number of aromatic nitrogens is 1. The van der Waals surface area contributed by atoms with Gasteiger partial charge in [-0.05, 0) is 49.7 Å². The maximum absolute atomic E-state index is 9.17. The van der Waals surface area contributed by atoms with Crippen molar-refractivity contribution in [3.8, 4) is 6.07 Å². The fraction of sp³-hybridized carbons (Fsp3) is 0.143. The Bertz CT molecular complexity index is 612. The number of aryl methyl sites for hydroxylation is 2. The number of pyridine rings is 1. The topological polar surface area (TPSA) is 48.7 Å². The van der Waals surface area contributed by atoms with E-state index in [9.17, 15) is 5.26 Å². The number of hydrogen-bond acceptors (Lipinski definition) is 3. The highest BCUT2D eigenvalue weighted by Crippen LogP contribution is 2.23. The molecule has 0 saturated heterocycles. The van der Waals surface area contributed by atoms with Crippen molar-refractivity contribution in [2.45, 2.75) is 13.8 Å². The number of benzene rings is 1. The van der Waals surface area contributed by atoms with E-state index in [1.807, 2.05) is 44.2 Å². The van der Waals surface area contributed by atoms with Crippen LogP contribution in [0.25, 0.3) is 0 Å². The molecule has 2 aromatic rings. The molecule has 18 heavy (non-hydrogen) atoms. The second-order valence-electron chi connectivity index (χ2n) is 4.05. The monoisotopic (exact) mass is 301 g/mol. The zero-order chi connectivity index (χ0) is 13.1. The first-order valence-electron chi connectivity index (χ1n) is 5.51. The van der Waals surface area contributed by atoms with Crippen LogP contribution in [0, 0.1) is 25.2 Å². The second kappa shape index (κ2) is 5.19. The van der Waals surface area contributed by atoms with Gasteiger partial charge in [-0.1, -0.05) is 15.9 Å². The molecule has 1 N–H and O–H groups in total. The van der Waals surface area contributed by atoms with Crippen molar-refractivity contribution in [3.63, 3.8) is 0 Å². The van der Waals surface area contributed by atoms with Crippen LogP contribution < -0.4 is 5.32 Å². The molecule has 0 unspecified atom stereocenters. The molecule has 1 aromatic heterocycles. The van der Waals surface area contributed by atoms with Gasteiger partial charge in [-0.3, -0.25) is 0 Å². The molecule has 90 valence electrons. The molecule has 0 amide bonds. The highest BCUT2D eigenvalue weighted by molar-refractivity contribution is 9.10. The highest BCUT2D eigenvalue weighted by Gasteiger charge is 2.08. The molecule has 0 atom stereocenters. The Morgan fingerprint density at radius 1 is 1.22 bits per heavy atom. The van der Waals surface area contributed by atoms with E-state index in [-0.39, 0.29) is 0 Å². The lowest BCUT2D eigenvalue weighted by molar-refractivity contribution is 1.16. The van der Waals surface area contributed by atoms with Gasteiger partial charge in [0.25, 0.3) is 0 Å². The molecule has 0 saturated carbocycles. The molecule has 0 spiro atoms. The van der Waals surface area contributed by atoms with E-state index in [1.165, 1.54) is 0 Å². The van der Waals surface area contributed by atoms with E-state index in [1.54, 1.807) is 0 Å². The second-order valence-corrected chi connectivity index (χ2v) is 4.96. The zero-order valence-electron chi connectivity index (χ0n) is 10.2. The first-order valence-corrected chi connectivity index (χ1v) is 6.30. The summed E-state index contributed by atoms with van der Waals surface area (Å²) in [6.07, 6.45) is 0. The first kappa shape index (κ1) is 12.6. The predicted molar refractivity (Wildman–Crippen MR) is 75.9 cm³/mol. The van der Waals surface area contributed by atoms with Gasteiger partial charge in [-0.2, -0.15) is 5.26 Å². The Balaban J connectivity index is 2.40. The van der Waals surface area contributed by atoms with Crippen molar-refractivity contribution in [2.75, 3.05) is 5.32 Å². The number of nitrogens with zero attached hydrogens (tertiary/aromatic N) is 2. The van der Waals surface area contributed by atoms with Crippen molar-refractivity contribution in [1.29, 1.82) is 5.26 Å². The van der Waals surface area contributed by atoms with Crippen LogP contribution in [0.3, 0.4) is 0 Å². The van der Waals surface area contributed by atoms with Gasteiger partial charge in [0.2, 0.25) is 0 Å². The van der Waals surface area contributed by atoms with E-state index in [0.717, 1.165) is 21.4 Å². The lowest BCUT2D eigenvalue weighted by Gasteiger charge is -2.10. The van der Waals surface area contributed by atoms with E-state index in [4.69, 9.17) is 0 Å². The summed E-state index contributed by atoms with van der Waals surface area (Å²) in [5.74, 6) is 0.609. The summed E-state index contributed by atoms with van der Waals surface area (Å²) in [6.45, 7) is 3.83. The van der Waals surface area contributed by atoms with Gasteiger partial charge in [-0.25, -0.2) is 4.98 Å². The van der Waals surface area contributed by atoms with Crippen LogP contribution >= 0.6 is 15.9 Å². The van der Waals surface area contributed by atoms with Crippen LogP contribution in [-0.2, 0) is 0 Å². The first-order chi connectivity index (χ1) is 8.60. The number of nitriles is 1. The lowest BCUT2D eigenvalue weighted by Crippen LogP contribution is -2.00. The molecular formula is C14H12BrN3. The van der Waals surface area contributed by atoms with Crippen LogP contribution in [0.1, 0.15) is 16.8 Å². The Labute approximate surface area is 115 Å². The quantitative estimate of drug-likeness (QED) is 0.909. The van der Waals surface area contributed by atoms with Crippen LogP contribution in [0.2, 0.25) is 0 Å². The largest absolute Gasteiger partial charge is 0.339 e. The standard InChI is InChI=1S/C14H12BrN3/c1-9-7-10(2)17-14(13(9)8-16)18-12-5-3-11(15)4-6-12/h3-7H,1-2H3,(H,17,18). The number of halogens is 1. The fourth-order valence-corrected chi connectivity index (χ4v) is 2.00. The Morgan fingerprint density at radius 3 is 2.50 bits per heavy atom. The molecule has 0 radical (unpaired) electrons. The van der Waals surface area contributed by atoms with Crippen LogP contribution in [0.15, 0.2) is 34.8 Å². The van der Waals surface area contributed by atoms with Crippen molar-refractivity contribution in [2.24, 2.45) is 0 Å². The maximum atomic E-state index is 9.17. The smallest absolute Gasteiger partial charge is 0.148 e. The van der Waals surface area contributed by atoms with Crippen LogP contribution in [-0.4, -0.2) is 4.98 Å². The third kappa shape index (κ3) is 2.69. The SMILES string of the molecule is Cc1cc(C)c(C#N)c(Nc2ccc(Br)cc2)n1. The minimum Gasteiger partial charge on any atom is -0.339 e. The van der Waals surface area contributed by atoms with Gasteiger partial charge >= 0.3 is 0 Å². The summed E-state index contributed by atoms with van der Waals surface area (Å²) in [6, 6.07) is 11.8. The summed E-state index contributed by atoms with van der Waals surface area (Å²) in [5.41, 5.74) is 3.33. The van der Waals surface area contributed by atoms with E-state index >= 15 is 0 Å². The molecule has 0 aliphatic heterocycles. The van der Waals surface area contributed by atoms with Crippen LogP contribution in [0.5, 0.6) is 0 Å².